The second kappa shape index (κ2) is 7.67. The topological polar surface area (TPSA) is 43.6 Å². The lowest BCUT2D eigenvalue weighted by Gasteiger charge is -2.04. The van der Waals surface area contributed by atoms with Crippen LogP contribution < -0.4 is 0 Å². The highest BCUT2D eigenvalue weighted by Gasteiger charge is 2.04. The van der Waals surface area contributed by atoms with Crippen LogP contribution in [0.2, 0.25) is 0 Å². The molecular weight excluding hydrogens is 236 g/mol. The molecule has 0 atom stereocenters. The van der Waals surface area contributed by atoms with Gasteiger partial charge in [0.15, 0.2) is 5.82 Å². The molecular formula is C15H22N4. The molecule has 0 aliphatic rings. The number of unbranched alkanes of at least 4 members (excludes halogenated alkanes) is 2. The summed E-state index contributed by atoms with van der Waals surface area (Å²) in [6, 6.07) is 10.6. The molecule has 0 fully saturated rings. The summed E-state index contributed by atoms with van der Waals surface area (Å²) in [5.41, 5.74) is 1.41. The van der Waals surface area contributed by atoms with Gasteiger partial charge in [0, 0.05) is 13.0 Å². The highest BCUT2D eigenvalue weighted by atomic mass is 15.5. The van der Waals surface area contributed by atoms with Gasteiger partial charge in [0.2, 0.25) is 0 Å². The van der Waals surface area contributed by atoms with Crippen molar-refractivity contribution in [1.82, 2.24) is 20.2 Å². The fourth-order valence-electron chi connectivity index (χ4n) is 2.14. The second-order valence-electron chi connectivity index (χ2n) is 4.86. The van der Waals surface area contributed by atoms with E-state index >= 15 is 0 Å². The van der Waals surface area contributed by atoms with E-state index in [9.17, 15) is 0 Å². The summed E-state index contributed by atoms with van der Waals surface area (Å²) in [5.74, 6) is 1.03. The van der Waals surface area contributed by atoms with Gasteiger partial charge in [0.1, 0.15) is 0 Å². The van der Waals surface area contributed by atoms with E-state index in [0.717, 1.165) is 38.1 Å². The summed E-state index contributed by atoms with van der Waals surface area (Å²) in [4.78, 5) is 0. The fraction of sp³-hybridized carbons (Fsp3) is 0.533. The van der Waals surface area contributed by atoms with Gasteiger partial charge in [0.25, 0.3) is 0 Å². The Bertz CT molecular complexity index is 464. The molecule has 0 bridgehead atoms. The van der Waals surface area contributed by atoms with Crippen LogP contribution in [0.25, 0.3) is 0 Å². The summed E-state index contributed by atoms with van der Waals surface area (Å²) in [6.45, 7) is 3.13. The van der Waals surface area contributed by atoms with Crippen LogP contribution in [0.5, 0.6) is 0 Å². The molecule has 2 aromatic rings. The van der Waals surface area contributed by atoms with Gasteiger partial charge in [-0.05, 0) is 41.7 Å². The van der Waals surface area contributed by atoms with Crippen molar-refractivity contribution in [3.05, 3.63) is 41.7 Å². The van der Waals surface area contributed by atoms with Gasteiger partial charge >= 0.3 is 0 Å². The number of rotatable bonds is 8. The largest absolute Gasteiger partial charge is 0.230 e. The van der Waals surface area contributed by atoms with Crippen molar-refractivity contribution in [2.45, 2.75) is 52.0 Å². The third-order valence-electron chi connectivity index (χ3n) is 3.29. The lowest BCUT2D eigenvalue weighted by molar-refractivity contribution is 0.525. The van der Waals surface area contributed by atoms with Crippen LogP contribution in [0.1, 0.15) is 44.0 Å². The first-order chi connectivity index (χ1) is 9.40. The molecule has 4 nitrogen and oxygen atoms in total. The van der Waals surface area contributed by atoms with Crippen LogP contribution in [-0.4, -0.2) is 20.2 Å². The third kappa shape index (κ3) is 4.47. The Morgan fingerprint density at radius 3 is 2.58 bits per heavy atom. The highest BCUT2D eigenvalue weighted by molar-refractivity contribution is 5.14. The minimum Gasteiger partial charge on any atom is -0.230 e. The standard InChI is InChI=1S/C15H22N4/c1-2-3-13-19-15(16-17-18-19)12-8-7-11-14-9-5-4-6-10-14/h4-6,9-10H,2-3,7-8,11-13H2,1H3. The van der Waals surface area contributed by atoms with Gasteiger partial charge in [-0.3, -0.25) is 0 Å². The van der Waals surface area contributed by atoms with E-state index in [1.165, 1.54) is 18.4 Å². The Hall–Kier alpha value is -1.71. The Balaban J connectivity index is 1.72. The van der Waals surface area contributed by atoms with Crippen LogP contribution in [0.3, 0.4) is 0 Å². The first kappa shape index (κ1) is 13.7. The normalized spacial score (nSPS) is 10.8. The Kier molecular flexibility index (Phi) is 5.53. The molecule has 2 rings (SSSR count). The van der Waals surface area contributed by atoms with Crippen molar-refractivity contribution < 1.29 is 0 Å². The van der Waals surface area contributed by atoms with Crippen molar-refractivity contribution >= 4 is 0 Å². The minimum absolute atomic E-state index is 0.942. The number of aryl methyl sites for hydroxylation is 3. The van der Waals surface area contributed by atoms with E-state index in [1.54, 1.807) is 0 Å². The number of hydrogen-bond donors (Lipinski definition) is 0. The number of aromatic nitrogens is 4. The van der Waals surface area contributed by atoms with E-state index in [2.05, 4.69) is 52.8 Å². The summed E-state index contributed by atoms with van der Waals surface area (Å²) in [7, 11) is 0. The number of hydrogen-bond acceptors (Lipinski definition) is 3. The molecule has 19 heavy (non-hydrogen) atoms. The second-order valence-corrected chi connectivity index (χ2v) is 4.86. The van der Waals surface area contributed by atoms with E-state index < -0.39 is 0 Å². The highest BCUT2D eigenvalue weighted by Crippen LogP contribution is 2.07. The predicted molar refractivity (Wildman–Crippen MR) is 75.8 cm³/mol. The molecule has 1 aromatic heterocycles. The SMILES string of the molecule is CCCCn1nnnc1CCCCc1ccccc1. The zero-order chi connectivity index (χ0) is 13.3. The van der Waals surface area contributed by atoms with Crippen molar-refractivity contribution in [1.29, 1.82) is 0 Å². The molecule has 0 spiro atoms. The molecule has 0 unspecified atom stereocenters. The Labute approximate surface area is 114 Å². The van der Waals surface area contributed by atoms with Gasteiger partial charge in [0.05, 0.1) is 0 Å². The molecule has 0 N–H and O–H groups in total. The van der Waals surface area contributed by atoms with Crippen molar-refractivity contribution in [2.75, 3.05) is 0 Å². The average molecular weight is 258 g/mol. The quantitative estimate of drug-likeness (QED) is 0.684. The van der Waals surface area contributed by atoms with E-state index in [-0.39, 0.29) is 0 Å². The lowest BCUT2D eigenvalue weighted by Crippen LogP contribution is -2.06. The van der Waals surface area contributed by atoms with E-state index in [1.807, 2.05) is 4.68 Å². The van der Waals surface area contributed by atoms with Crippen molar-refractivity contribution in [2.24, 2.45) is 0 Å². The zero-order valence-corrected chi connectivity index (χ0v) is 11.6. The summed E-state index contributed by atoms with van der Waals surface area (Å²) in [6.07, 6.45) is 6.75. The molecule has 4 heteroatoms. The minimum atomic E-state index is 0.942. The van der Waals surface area contributed by atoms with Crippen molar-refractivity contribution in [3.8, 4) is 0 Å². The van der Waals surface area contributed by atoms with Crippen LogP contribution in [-0.2, 0) is 19.4 Å². The summed E-state index contributed by atoms with van der Waals surface area (Å²) < 4.78 is 1.95. The maximum absolute atomic E-state index is 4.12. The smallest absolute Gasteiger partial charge is 0.151 e. The van der Waals surface area contributed by atoms with Crippen LogP contribution >= 0.6 is 0 Å². The van der Waals surface area contributed by atoms with Gasteiger partial charge in [-0.1, -0.05) is 43.7 Å². The molecule has 0 saturated heterocycles. The molecule has 102 valence electrons. The number of nitrogens with zero attached hydrogens (tertiary/aromatic N) is 4. The van der Waals surface area contributed by atoms with Gasteiger partial charge in [-0.15, -0.1) is 5.10 Å². The lowest BCUT2D eigenvalue weighted by atomic mass is 10.1. The first-order valence-electron chi connectivity index (χ1n) is 7.19. The molecule has 0 aliphatic carbocycles. The monoisotopic (exact) mass is 258 g/mol. The number of benzene rings is 1. The van der Waals surface area contributed by atoms with Crippen LogP contribution in [0.4, 0.5) is 0 Å². The van der Waals surface area contributed by atoms with Crippen molar-refractivity contribution in [3.63, 3.8) is 0 Å². The maximum Gasteiger partial charge on any atom is 0.151 e. The molecule has 0 saturated carbocycles. The zero-order valence-electron chi connectivity index (χ0n) is 11.6. The first-order valence-corrected chi connectivity index (χ1v) is 7.19. The predicted octanol–water partition coefficient (Wildman–Crippen LogP) is 3.04. The molecule has 1 heterocycles. The fourth-order valence-corrected chi connectivity index (χ4v) is 2.14. The maximum atomic E-state index is 4.12. The van der Waals surface area contributed by atoms with E-state index in [4.69, 9.17) is 0 Å². The van der Waals surface area contributed by atoms with Gasteiger partial charge in [-0.2, -0.15) is 0 Å². The number of tetrazole rings is 1. The van der Waals surface area contributed by atoms with E-state index in [0.29, 0.717) is 0 Å². The molecule has 0 radical (unpaired) electrons. The van der Waals surface area contributed by atoms with Crippen LogP contribution in [0, 0.1) is 0 Å². The third-order valence-corrected chi connectivity index (χ3v) is 3.29. The summed E-state index contributed by atoms with van der Waals surface area (Å²) in [5, 5.41) is 11.9. The summed E-state index contributed by atoms with van der Waals surface area (Å²) >= 11 is 0. The van der Waals surface area contributed by atoms with Gasteiger partial charge < -0.3 is 0 Å². The Morgan fingerprint density at radius 2 is 1.79 bits per heavy atom. The Morgan fingerprint density at radius 1 is 1.00 bits per heavy atom. The molecule has 0 aliphatic heterocycles. The average Bonchev–Trinajstić information content (AvgIpc) is 2.90. The van der Waals surface area contributed by atoms with Crippen LogP contribution in [0.15, 0.2) is 30.3 Å². The van der Waals surface area contributed by atoms with Gasteiger partial charge in [-0.25, -0.2) is 4.68 Å². The molecule has 1 aromatic carbocycles. The molecule has 0 amide bonds.